The molecule has 0 heterocycles. The predicted octanol–water partition coefficient (Wildman–Crippen LogP) is 0.539. The number of rotatable bonds is 2. The maximum Gasteiger partial charge on any atom is 0.410 e. The van der Waals surface area contributed by atoms with E-state index in [1.54, 1.807) is 0 Å². The van der Waals surface area contributed by atoms with Gasteiger partial charge in [0, 0.05) is 0 Å². The molecular weight excluding hydrogens is 95.0 g/mol. The van der Waals surface area contributed by atoms with Crippen molar-refractivity contribution in [1.82, 2.24) is 0 Å². The van der Waals surface area contributed by atoms with E-state index < -0.39 is 20.1 Å². The van der Waals surface area contributed by atoms with Crippen LogP contribution in [-0.2, 0) is 0 Å². The van der Waals surface area contributed by atoms with E-state index in [-0.39, 0.29) is 0 Å². The summed E-state index contributed by atoms with van der Waals surface area (Å²) in [4.78, 5) is 9.09. The molecule has 34 valence electrons. The first kappa shape index (κ1) is 6.00. The van der Waals surface area contributed by atoms with E-state index in [0.717, 1.165) is 5.28 Å². The molecule has 3 heteroatoms. The highest BCUT2D eigenvalue weighted by atomic mass is 27.1. The van der Waals surface area contributed by atoms with Crippen molar-refractivity contribution in [3.05, 3.63) is 0 Å². The molecule has 0 aromatic heterocycles. The lowest BCUT2D eigenvalue weighted by Gasteiger charge is -1.75. The van der Waals surface area contributed by atoms with Crippen molar-refractivity contribution in [2.75, 3.05) is 0 Å². The van der Waals surface area contributed by atoms with Crippen LogP contribution in [-0.4, -0.2) is 25.2 Å². The van der Waals surface area contributed by atoms with Gasteiger partial charge in [-0.3, -0.25) is 4.79 Å². The van der Waals surface area contributed by atoms with E-state index in [2.05, 4.69) is 0 Å². The Morgan fingerprint density at radius 1 is 2.00 bits per heavy atom. The number of carboxylic acid groups (broad SMARTS) is 1. The third kappa shape index (κ3) is 4.00. The molecule has 0 rings (SSSR count). The van der Waals surface area contributed by atoms with E-state index in [9.17, 15) is 4.79 Å². The van der Waals surface area contributed by atoms with Crippen LogP contribution in [0.15, 0.2) is 0 Å². The van der Waals surface area contributed by atoms with Gasteiger partial charge in [-0.25, -0.2) is 0 Å². The average molecular weight is 102 g/mol. The maximum absolute atomic E-state index is 9.66. The molecule has 0 atom stereocenters. The Labute approximate surface area is 42.9 Å². The largest absolute Gasteiger partial charge is 0.496 e. The van der Waals surface area contributed by atoms with Crippen molar-refractivity contribution < 1.29 is 9.90 Å². The van der Waals surface area contributed by atoms with E-state index in [0.29, 0.717) is 0 Å². The van der Waals surface area contributed by atoms with Crippen LogP contribution in [0.4, 0.5) is 4.79 Å². The molecule has 0 fully saturated rings. The summed E-state index contributed by atoms with van der Waals surface area (Å²) in [6, 6.07) is 0. The van der Waals surface area contributed by atoms with Crippen LogP contribution < -0.4 is 0 Å². The highest BCUT2D eigenvalue weighted by Crippen LogP contribution is 1.71. The molecule has 2 nitrogen and oxygen atoms in total. The van der Waals surface area contributed by atoms with Gasteiger partial charge in [0.2, 0.25) is 0 Å². The summed E-state index contributed by atoms with van der Waals surface area (Å²) in [5, 5.41) is 8.85. The summed E-state index contributed by atoms with van der Waals surface area (Å²) in [6.07, 6.45) is 0. The van der Waals surface area contributed by atoms with Crippen molar-refractivity contribution in [2.24, 2.45) is 0 Å². The molecule has 0 amide bonds. The van der Waals surface area contributed by atoms with E-state index >= 15 is 0 Å². The smallest absolute Gasteiger partial charge is 0.410 e. The van der Waals surface area contributed by atoms with Crippen LogP contribution in [0, 0.1) is 0 Å². The molecule has 0 aliphatic carbocycles. The SMILES string of the molecule is C[CH2][AlH][C](=O)O. The monoisotopic (exact) mass is 102 g/mol. The van der Waals surface area contributed by atoms with Crippen LogP contribution >= 0.6 is 0 Å². The van der Waals surface area contributed by atoms with Gasteiger partial charge >= 0.3 is 15.2 Å². The molecule has 0 unspecified atom stereocenters. The normalized spacial score (nSPS) is 7.50. The Morgan fingerprint density at radius 3 is 2.50 bits per heavy atom. The van der Waals surface area contributed by atoms with Crippen molar-refractivity contribution in [1.29, 1.82) is 0 Å². The lowest BCUT2D eigenvalue weighted by molar-refractivity contribution is 0.220. The van der Waals surface area contributed by atoms with Gasteiger partial charge in [-0.1, -0.05) is 12.2 Å². The van der Waals surface area contributed by atoms with E-state index in [1.807, 2.05) is 6.92 Å². The molecule has 0 aliphatic heterocycles. The highest BCUT2D eigenvalue weighted by Gasteiger charge is 1.95. The maximum atomic E-state index is 9.66. The molecule has 0 aromatic rings. The van der Waals surface area contributed by atoms with Gasteiger partial charge in [0.05, 0.1) is 0 Å². The van der Waals surface area contributed by atoms with Crippen molar-refractivity contribution in [3.63, 3.8) is 0 Å². The highest BCUT2D eigenvalue weighted by molar-refractivity contribution is 6.71. The molecule has 0 bridgehead atoms. The summed E-state index contributed by atoms with van der Waals surface area (Å²) in [5.74, 6) is 0. The average Bonchev–Trinajstić information content (AvgIpc) is 1.35. The lowest BCUT2D eigenvalue weighted by atomic mass is 11.0. The molecule has 0 aromatic carbocycles. The van der Waals surface area contributed by atoms with E-state index in [4.69, 9.17) is 5.11 Å². The third-order valence-corrected chi connectivity index (χ3v) is 1.39. The first-order valence-corrected chi connectivity index (χ1v) is 3.70. The zero-order valence-electron chi connectivity index (χ0n) is 3.77. The Hall–Kier alpha value is 0.00247. The zero-order chi connectivity index (χ0) is 4.99. The first-order valence-electron chi connectivity index (χ1n) is 1.99. The minimum atomic E-state index is -0.727. The van der Waals surface area contributed by atoms with Crippen LogP contribution in [0.2, 0.25) is 5.28 Å². The van der Waals surface area contributed by atoms with Crippen LogP contribution in [0.25, 0.3) is 0 Å². The number of carbonyl (C=O) groups is 1. The van der Waals surface area contributed by atoms with Crippen LogP contribution in [0.3, 0.4) is 0 Å². The van der Waals surface area contributed by atoms with Gasteiger partial charge in [-0.05, 0) is 0 Å². The van der Waals surface area contributed by atoms with Crippen molar-refractivity contribution in [3.8, 4) is 0 Å². The first-order chi connectivity index (χ1) is 2.77. The summed E-state index contributed by atoms with van der Waals surface area (Å²) in [6.45, 7) is 1.90. The second kappa shape index (κ2) is 3.20. The molecule has 6 heavy (non-hydrogen) atoms. The molecular formula is C3H7AlO2. The van der Waals surface area contributed by atoms with Gasteiger partial charge in [-0.2, -0.15) is 0 Å². The van der Waals surface area contributed by atoms with E-state index in [1.165, 1.54) is 0 Å². The van der Waals surface area contributed by atoms with Crippen LogP contribution in [0.5, 0.6) is 0 Å². The predicted molar refractivity (Wildman–Crippen MR) is 25.7 cm³/mol. The Morgan fingerprint density at radius 2 is 2.50 bits per heavy atom. The van der Waals surface area contributed by atoms with Crippen molar-refractivity contribution >= 4 is 20.1 Å². The summed E-state index contributed by atoms with van der Waals surface area (Å²) in [7, 11) is 0. The van der Waals surface area contributed by atoms with Gasteiger partial charge in [-0.15, -0.1) is 0 Å². The van der Waals surface area contributed by atoms with Gasteiger partial charge in [0.1, 0.15) is 0 Å². The lowest BCUT2D eigenvalue weighted by Crippen LogP contribution is -2.01. The number of hydrogen-bond donors (Lipinski definition) is 1. The number of hydrogen-bond acceptors (Lipinski definition) is 1. The molecule has 0 radical (unpaired) electrons. The summed E-state index contributed by atoms with van der Waals surface area (Å²) < 4.78 is 0. The summed E-state index contributed by atoms with van der Waals surface area (Å²) >= 11 is -0.727. The fourth-order valence-corrected chi connectivity index (χ4v) is 0.642. The topological polar surface area (TPSA) is 37.3 Å². The minimum absolute atomic E-state index is 0.572. The zero-order valence-corrected chi connectivity index (χ0v) is 5.18. The standard InChI is InChI=1S/C2H5.CHO2.Al.H/c1-2;2-1-3;;/h1H2,2H3;(H,2,3);;. The minimum Gasteiger partial charge on any atom is -0.496 e. The van der Waals surface area contributed by atoms with Gasteiger partial charge in [0.25, 0.3) is 0 Å². The second-order valence-corrected chi connectivity index (χ2v) is 3.25. The molecule has 0 aliphatic rings. The Balaban J connectivity index is 2.83. The quantitative estimate of drug-likeness (QED) is 0.516. The van der Waals surface area contributed by atoms with Crippen molar-refractivity contribution in [2.45, 2.75) is 12.2 Å². The molecule has 0 saturated carbocycles. The second-order valence-electron chi connectivity index (χ2n) is 1.14. The Bertz CT molecular complexity index is 52.8. The van der Waals surface area contributed by atoms with Gasteiger partial charge < -0.3 is 5.11 Å². The third-order valence-electron chi connectivity index (χ3n) is 0.464. The Kier molecular flexibility index (Phi) is 3.20. The molecule has 0 saturated heterocycles. The van der Waals surface area contributed by atoms with Gasteiger partial charge in [0.15, 0.2) is 4.83 Å². The molecule has 0 spiro atoms. The summed E-state index contributed by atoms with van der Waals surface area (Å²) in [5.41, 5.74) is 0. The molecule has 1 N–H and O–H groups in total. The fraction of sp³-hybridized carbons (Fsp3) is 0.667. The van der Waals surface area contributed by atoms with Crippen LogP contribution in [0.1, 0.15) is 6.92 Å². The fourth-order valence-electron chi connectivity index (χ4n) is 0.214.